The molecule has 1 aliphatic heterocycles. The summed E-state index contributed by atoms with van der Waals surface area (Å²) in [5.74, 6) is 0.378. The number of fused-ring (bicyclic) bond motifs is 1. The average molecular weight is 419 g/mol. The summed E-state index contributed by atoms with van der Waals surface area (Å²) in [5, 5.41) is 16.5. The van der Waals surface area contributed by atoms with Crippen LogP contribution in [-0.2, 0) is 17.6 Å². The van der Waals surface area contributed by atoms with Gasteiger partial charge in [-0.2, -0.15) is 0 Å². The predicted molar refractivity (Wildman–Crippen MR) is 114 cm³/mol. The molecule has 28 heavy (non-hydrogen) atoms. The first-order chi connectivity index (χ1) is 13.6. The molecule has 2 N–H and O–H groups in total. The molecule has 1 aliphatic carbocycles. The summed E-state index contributed by atoms with van der Waals surface area (Å²) in [6, 6.07) is 4.37. The number of hydrogen-bond acceptors (Lipinski definition) is 4. The zero-order valence-electron chi connectivity index (χ0n) is 16.0. The third-order valence-corrected chi connectivity index (χ3v) is 7.51. The van der Waals surface area contributed by atoms with Gasteiger partial charge >= 0.3 is 5.97 Å². The van der Waals surface area contributed by atoms with Gasteiger partial charge in [0.1, 0.15) is 0 Å². The Labute approximate surface area is 175 Å². The Morgan fingerprint density at radius 3 is 2.61 bits per heavy atom. The number of hydrogen-bond donors (Lipinski definition) is 2. The van der Waals surface area contributed by atoms with Crippen LogP contribution in [0.5, 0.6) is 0 Å². The number of carboxylic acids is 1. The molecular formula is C22H27ClN2O2S. The summed E-state index contributed by atoms with van der Waals surface area (Å²) in [5.41, 5.74) is 4.80. The molecule has 0 amide bonds. The Morgan fingerprint density at radius 2 is 1.89 bits per heavy atom. The zero-order valence-corrected chi connectivity index (χ0v) is 17.6. The summed E-state index contributed by atoms with van der Waals surface area (Å²) in [6.45, 7) is 2.03. The molecule has 2 aromatic rings. The highest BCUT2D eigenvalue weighted by Crippen LogP contribution is 2.40. The van der Waals surface area contributed by atoms with Gasteiger partial charge in [0.05, 0.1) is 15.7 Å². The van der Waals surface area contributed by atoms with E-state index in [0.717, 1.165) is 74.3 Å². The molecular weight excluding hydrogens is 392 g/mol. The third kappa shape index (κ3) is 4.58. The average Bonchev–Trinajstić information content (AvgIpc) is 3.06. The second kappa shape index (κ2) is 8.93. The summed E-state index contributed by atoms with van der Waals surface area (Å²) in [7, 11) is 0. The van der Waals surface area contributed by atoms with Gasteiger partial charge in [0.2, 0.25) is 0 Å². The molecule has 1 aromatic carbocycles. The minimum absolute atomic E-state index is 0.295. The van der Waals surface area contributed by atoms with E-state index in [4.69, 9.17) is 21.7 Å². The number of nitrogens with one attached hydrogen (secondary N) is 1. The molecule has 6 heteroatoms. The van der Waals surface area contributed by atoms with E-state index in [-0.39, 0.29) is 0 Å². The first kappa shape index (κ1) is 19.9. The number of thiazole rings is 1. The highest BCUT2D eigenvalue weighted by molar-refractivity contribution is 7.10. The van der Waals surface area contributed by atoms with Crippen LogP contribution in [0, 0.1) is 5.92 Å². The standard InChI is InChI=1S/C22H27ClN2O2S/c23-19-12-17-8-10-24-9-7-16(17)11-18(19)20-13-28-22(25-20)15-4-1-14(2-5-15)3-6-21(26)27/h11-15,24H,1-10H2,(H,26,27). The Bertz CT molecular complexity index is 843. The fourth-order valence-electron chi connectivity index (χ4n) is 4.52. The number of aliphatic carboxylic acids is 1. The van der Waals surface area contributed by atoms with Crippen molar-refractivity contribution in [2.24, 2.45) is 5.92 Å². The summed E-state index contributed by atoms with van der Waals surface area (Å²) in [4.78, 5) is 15.7. The molecule has 0 radical (unpaired) electrons. The Balaban J connectivity index is 1.45. The van der Waals surface area contributed by atoms with E-state index in [1.54, 1.807) is 11.3 Å². The van der Waals surface area contributed by atoms with E-state index in [1.807, 2.05) is 0 Å². The van der Waals surface area contributed by atoms with Gasteiger partial charge in [-0.1, -0.05) is 11.6 Å². The fraction of sp³-hybridized carbons (Fsp3) is 0.545. The van der Waals surface area contributed by atoms with Crippen molar-refractivity contribution in [1.29, 1.82) is 0 Å². The molecule has 2 aliphatic rings. The second-order valence-electron chi connectivity index (χ2n) is 8.07. The van der Waals surface area contributed by atoms with Crippen LogP contribution in [0.3, 0.4) is 0 Å². The lowest BCUT2D eigenvalue weighted by Crippen LogP contribution is -2.16. The molecule has 0 atom stereocenters. The van der Waals surface area contributed by atoms with Crippen molar-refractivity contribution in [2.75, 3.05) is 13.1 Å². The van der Waals surface area contributed by atoms with Crippen molar-refractivity contribution >= 4 is 28.9 Å². The Morgan fingerprint density at radius 1 is 1.18 bits per heavy atom. The summed E-state index contributed by atoms with van der Waals surface area (Å²) >= 11 is 8.36. The van der Waals surface area contributed by atoms with Crippen LogP contribution in [0.1, 0.15) is 60.6 Å². The van der Waals surface area contributed by atoms with Crippen LogP contribution < -0.4 is 5.32 Å². The van der Waals surface area contributed by atoms with Gasteiger partial charge in [0.15, 0.2) is 0 Å². The maximum atomic E-state index is 10.8. The highest BCUT2D eigenvalue weighted by atomic mass is 35.5. The first-order valence-electron chi connectivity index (χ1n) is 10.3. The minimum Gasteiger partial charge on any atom is -0.481 e. The SMILES string of the molecule is O=C(O)CCC1CCC(c2nc(-c3cc4c(cc3Cl)CCNCC4)cs2)CC1. The van der Waals surface area contributed by atoms with Gasteiger partial charge in [-0.3, -0.25) is 4.79 Å². The Kier molecular flexibility index (Phi) is 6.34. The zero-order chi connectivity index (χ0) is 19.5. The van der Waals surface area contributed by atoms with Crippen LogP contribution in [0.4, 0.5) is 0 Å². The fourth-order valence-corrected chi connectivity index (χ4v) is 5.79. The molecule has 0 unspecified atom stereocenters. The van der Waals surface area contributed by atoms with Crippen LogP contribution in [0.2, 0.25) is 5.02 Å². The minimum atomic E-state index is -0.680. The molecule has 4 nitrogen and oxygen atoms in total. The number of halogens is 1. The molecule has 4 rings (SSSR count). The van der Waals surface area contributed by atoms with Gasteiger partial charge in [-0.25, -0.2) is 4.98 Å². The van der Waals surface area contributed by atoms with Gasteiger partial charge in [-0.05, 0) is 87.2 Å². The lowest BCUT2D eigenvalue weighted by atomic mass is 9.80. The van der Waals surface area contributed by atoms with Crippen molar-refractivity contribution in [3.05, 3.63) is 38.7 Å². The maximum Gasteiger partial charge on any atom is 0.303 e. The third-order valence-electron chi connectivity index (χ3n) is 6.19. The van der Waals surface area contributed by atoms with Crippen molar-refractivity contribution in [3.8, 4) is 11.3 Å². The van der Waals surface area contributed by atoms with E-state index in [9.17, 15) is 4.79 Å². The summed E-state index contributed by atoms with van der Waals surface area (Å²) in [6.07, 6.45) is 7.62. The monoisotopic (exact) mass is 418 g/mol. The molecule has 1 saturated carbocycles. The molecule has 150 valence electrons. The lowest BCUT2D eigenvalue weighted by Gasteiger charge is -2.26. The van der Waals surface area contributed by atoms with Crippen LogP contribution >= 0.6 is 22.9 Å². The van der Waals surface area contributed by atoms with E-state index in [1.165, 1.54) is 16.1 Å². The van der Waals surface area contributed by atoms with Crippen molar-refractivity contribution in [1.82, 2.24) is 10.3 Å². The van der Waals surface area contributed by atoms with Crippen LogP contribution in [-0.4, -0.2) is 29.1 Å². The van der Waals surface area contributed by atoms with Gasteiger partial charge in [0, 0.05) is 23.3 Å². The van der Waals surface area contributed by atoms with Gasteiger partial charge < -0.3 is 10.4 Å². The van der Waals surface area contributed by atoms with Gasteiger partial charge in [0.25, 0.3) is 0 Å². The topological polar surface area (TPSA) is 62.2 Å². The Hall–Kier alpha value is -1.43. The van der Waals surface area contributed by atoms with E-state index in [2.05, 4.69) is 22.8 Å². The molecule has 1 fully saturated rings. The van der Waals surface area contributed by atoms with Gasteiger partial charge in [-0.15, -0.1) is 11.3 Å². The van der Waals surface area contributed by atoms with Crippen LogP contribution in [0.25, 0.3) is 11.3 Å². The normalized spacial score (nSPS) is 22.5. The summed E-state index contributed by atoms with van der Waals surface area (Å²) < 4.78 is 0. The number of aromatic nitrogens is 1. The predicted octanol–water partition coefficient (Wildman–Crippen LogP) is 5.29. The van der Waals surface area contributed by atoms with Crippen LogP contribution in [0.15, 0.2) is 17.5 Å². The van der Waals surface area contributed by atoms with E-state index >= 15 is 0 Å². The number of nitrogens with zero attached hydrogens (tertiary/aromatic N) is 1. The molecule has 0 spiro atoms. The molecule has 0 bridgehead atoms. The molecule has 1 aromatic heterocycles. The number of benzene rings is 1. The highest BCUT2D eigenvalue weighted by Gasteiger charge is 2.25. The number of rotatable bonds is 5. The molecule has 2 heterocycles. The first-order valence-corrected chi connectivity index (χ1v) is 11.6. The van der Waals surface area contributed by atoms with Crippen molar-refractivity contribution in [3.63, 3.8) is 0 Å². The molecule has 0 saturated heterocycles. The second-order valence-corrected chi connectivity index (χ2v) is 9.37. The van der Waals surface area contributed by atoms with Crippen molar-refractivity contribution < 1.29 is 9.90 Å². The lowest BCUT2D eigenvalue weighted by molar-refractivity contribution is -0.137. The largest absolute Gasteiger partial charge is 0.481 e. The number of carboxylic acid groups (broad SMARTS) is 1. The smallest absolute Gasteiger partial charge is 0.303 e. The number of carbonyl (C=O) groups is 1. The van der Waals surface area contributed by atoms with E-state index < -0.39 is 5.97 Å². The quantitative estimate of drug-likeness (QED) is 0.692. The maximum absolute atomic E-state index is 10.8. The van der Waals surface area contributed by atoms with E-state index in [0.29, 0.717) is 18.3 Å². The van der Waals surface area contributed by atoms with Crippen molar-refractivity contribution in [2.45, 2.75) is 57.3 Å².